The Kier molecular flexibility index (Phi) is 4.93. The zero-order valence-electron chi connectivity index (χ0n) is 2.78. The third-order valence-corrected chi connectivity index (χ3v) is 1.34. The van der Waals surface area contributed by atoms with Gasteiger partial charge in [-0.1, -0.05) is 0 Å². The number of rotatable bonds is 2. The monoisotopic (exact) mass is 106 g/mol. The third kappa shape index (κ3) is 4.49. The maximum Gasteiger partial charge on any atom is 0.355 e. The molecule has 3 heteroatoms. The molecule has 0 atom stereocenters. The number of hydrogen-bond donors (Lipinski definition) is 0. The van der Waals surface area contributed by atoms with E-state index in [2.05, 4.69) is 0 Å². The Balaban J connectivity index is 2.40. The van der Waals surface area contributed by atoms with Gasteiger partial charge in [0.25, 0.3) is 0 Å². The van der Waals surface area contributed by atoms with E-state index < -0.39 is 15.2 Å². The molecule has 0 aromatic heterocycles. The van der Waals surface area contributed by atoms with Crippen molar-refractivity contribution in [1.29, 1.82) is 0 Å². The minimum atomic E-state index is -0.483. The van der Waals surface area contributed by atoms with E-state index >= 15 is 0 Å². The fourth-order valence-electron chi connectivity index (χ4n) is 0.0445. The summed E-state index contributed by atoms with van der Waals surface area (Å²) < 4.78 is 0.587. The highest BCUT2D eigenvalue weighted by atomic mass is 35.5. The van der Waals surface area contributed by atoms with Crippen LogP contribution in [0.15, 0.2) is 0 Å². The van der Waals surface area contributed by atoms with Crippen LogP contribution in [0.5, 0.6) is 0 Å². The van der Waals surface area contributed by atoms with Crippen LogP contribution < -0.4 is 0 Å². The predicted molar refractivity (Wildman–Crippen MR) is 24.6 cm³/mol. The Morgan fingerprint density at radius 3 is 2.60 bits per heavy atom. The van der Waals surface area contributed by atoms with E-state index in [9.17, 15) is 4.79 Å². The van der Waals surface area contributed by atoms with Crippen molar-refractivity contribution in [2.24, 2.45) is 0 Å². The lowest BCUT2D eigenvalue weighted by molar-refractivity contribution is 0.568. The van der Waals surface area contributed by atoms with Crippen molar-refractivity contribution < 1.29 is 4.79 Å². The molecule has 1 nitrogen and oxygen atoms in total. The van der Waals surface area contributed by atoms with Crippen LogP contribution in [0.25, 0.3) is 0 Å². The summed E-state index contributed by atoms with van der Waals surface area (Å²) in [6, 6.07) is 0. The van der Waals surface area contributed by atoms with E-state index in [4.69, 9.17) is 11.6 Å². The predicted octanol–water partition coefficient (Wildman–Crippen LogP) is -0.191. The number of carbonyl (C=O) groups excluding carboxylic acids is 1. The van der Waals surface area contributed by atoms with E-state index in [0.29, 0.717) is 4.74 Å². The molecule has 5 heavy (non-hydrogen) atoms. The molecule has 0 saturated carbocycles. The van der Waals surface area contributed by atoms with Crippen LogP contribution in [0, 0.1) is 0 Å². The molecule has 0 heterocycles. The molecule has 0 unspecified atom stereocenters. The molecule has 0 N–H and O–H groups in total. The molecule has 0 fully saturated rings. The van der Waals surface area contributed by atoms with Crippen molar-refractivity contribution in [3.63, 3.8) is 0 Å². The summed E-state index contributed by atoms with van der Waals surface area (Å²) in [4.78, 5) is 9.38. The van der Waals surface area contributed by atoms with Crippen molar-refractivity contribution in [1.82, 2.24) is 0 Å². The van der Waals surface area contributed by atoms with Crippen LogP contribution in [-0.2, 0) is 4.79 Å². The SMILES string of the molecule is O=[CH][AlH][CH2]Cl. The van der Waals surface area contributed by atoms with E-state index in [-0.39, 0.29) is 0 Å². The molecule has 0 rings (SSSR count). The van der Waals surface area contributed by atoms with Gasteiger partial charge in [-0.15, -0.1) is 11.6 Å². The molecule has 0 spiro atoms. The molecule has 0 aliphatic carbocycles. The number of halogens is 1. The molecule has 0 radical (unpaired) electrons. The third-order valence-electron chi connectivity index (χ3n) is 0.227. The van der Waals surface area contributed by atoms with E-state index in [1.165, 1.54) is 0 Å². The minimum Gasteiger partial charge on any atom is -0.325 e. The summed E-state index contributed by atoms with van der Waals surface area (Å²) in [5.41, 5.74) is 0. The highest BCUT2D eigenvalue weighted by Crippen LogP contribution is 1.61. The van der Waals surface area contributed by atoms with Gasteiger partial charge in [-0.3, -0.25) is 0 Å². The standard InChI is InChI=1S/CH2Cl.CHO.Al.H/c2*1-2;;/h1H2;1H;;. The van der Waals surface area contributed by atoms with Crippen LogP contribution >= 0.6 is 11.6 Å². The molecule has 0 saturated heterocycles. The Bertz CT molecular complexity index is 30.8. The van der Waals surface area contributed by atoms with Gasteiger partial charge in [0.2, 0.25) is 0 Å². The van der Waals surface area contributed by atoms with Gasteiger partial charge >= 0.3 is 15.2 Å². The number of carbonyl (C=O) groups is 1. The van der Waals surface area contributed by atoms with Crippen molar-refractivity contribution in [2.75, 3.05) is 4.74 Å². The summed E-state index contributed by atoms with van der Waals surface area (Å²) in [6.07, 6.45) is 0. The van der Waals surface area contributed by atoms with Gasteiger partial charge < -0.3 is 4.79 Å². The number of alkyl halides is 1. The Morgan fingerprint density at radius 1 is 2.00 bits per heavy atom. The molecule has 0 aromatic carbocycles. The maximum atomic E-state index is 9.38. The van der Waals surface area contributed by atoms with E-state index in [1.54, 1.807) is 0 Å². The van der Waals surface area contributed by atoms with E-state index in [1.807, 2.05) is 0 Å². The molecule has 28 valence electrons. The highest BCUT2D eigenvalue weighted by molar-refractivity contribution is 6.72. The first-order valence-electron chi connectivity index (χ1n) is 1.41. The van der Waals surface area contributed by atoms with Crippen LogP contribution in [-0.4, -0.2) is 25.1 Å². The summed E-state index contributed by atoms with van der Waals surface area (Å²) in [7, 11) is 0. The molecule has 0 aliphatic heterocycles. The second-order valence-corrected chi connectivity index (χ2v) is 3.07. The smallest absolute Gasteiger partial charge is 0.325 e. The van der Waals surface area contributed by atoms with Crippen molar-refractivity contribution in [2.45, 2.75) is 0 Å². The van der Waals surface area contributed by atoms with Gasteiger partial charge in [-0.25, -0.2) is 0 Å². The molecule has 0 aromatic rings. The lowest BCUT2D eigenvalue weighted by atomic mass is 11.8. The Hall–Kier alpha value is 0.492. The van der Waals surface area contributed by atoms with Crippen molar-refractivity contribution in [3.05, 3.63) is 0 Å². The summed E-state index contributed by atoms with van der Waals surface area (Å²) in [5.74, 6) is 0. The van der Waals surface area contributed by atoms with Crippen LogP contribution in [0.4, 0.5) is 0 Å². The van der Waals surface area contributed by atoms with Gasteiger partial charge in [0.05, 0.1) is 0 Å². The summed E-state index contributed by atoms with van der Waals surface area (Å²) >= 11 is 4.65. The van der Waals surface area contributed by atoms with Crippen LogP contribution in [0.1, 0.15) is 0 Å². The molecule has 0 amide bonds. The van der Waals surface area contributed by atoms with Crippen molar-refractivity contribution in [3.8, 4) is 0 Å². The van der Waals surface area contributed by atoms with Gasteiger partial charge in [-0.2, -0.15) is 0 Å². The first-order chi connectivity index (χ1) is 2.41. The normalized spacial score (nSPS) is 6.60. The van der Waals surface area contributed by atoms with Crippen molar-refractivity contribution >= 4 is 32.0 Å². The highest BCUT2D eigenvalue weighted by Gasteiger charge is 1.79. The van der Waals surface area contributed by atoms with Gasteiger partial charge in [-0.05, 0) is 4.74 Å². The fourth-order valence-corrected chi connectivity index (χ4v) is 0.401. The first kappa shape index (κ1) is 5.49. The maximum absolute atomic E-state index is 9.38. The minimum absolute atomic E-state index is 0.483. The van der Waals surface area contributed by atoms with E-state index in [0.717, 1.165) is 5.15 Å². The zero-order valence-corrected chi connectivity index (χ0v) is 4.95. The van der Waals surface area contributed by atoms with Crippen LogP contribution in [0.3, 0.4) is 0 Å². The largest absolute Gasteiger partial charge is 0.355 e. The zero-order chi connectivity index (χ0) is 4.12. The Morgan fingerprint density at radius 2 is 2.60 bits per heavy atom. The van der Waals surface area contributed by atoms with Gasteiger partial charge in [0, 0.05) is 5.15 Å². The second-order valence-electron chi connectivity index (χ2n) is 0.644. The Labute approximate surface area is 42.0 Å². The average molecular weight is 106 g/mol. The summed E-state index contributed by atoms with van der Waals surface area (Å²) in [6.45, 7) is 0. The first-order valence-corrected chi connectivity index (χ1v) is 3.76. The molecular weight excluding hydrogens is 102 g/mol. The average Bonchev–Trinajstić information content (AvgIpc) is 1.41. The summed E-state index contributed by atoms with van der Waals surface area (Å²) in [5, 5.41) is 0.938. The van der Waals surface area contributed by atoms with Gasteiger partial charge in [0.1, 0.15) is 0 Å². The fraction of sp³-hybridized carbons (Fsp3) is 0.500. The molecule has 0 bridgehead atoms. The second kappa shape index (κ2) is 4.49. The molecule has 0 aliphatic rings. The van der Waals surface area contributed by atoms with Gasteiger partial charge in [0.15, 0.2) is 0 Å². The van der Waals surface area contributed by atoms with Crippen LogP contribution in [0.2, 0.25) is 0 Å². The lowest BCUT2D eigenvalue weighted by Crippen LogP contribution is -1.89. The molecular formula is C2H4AlClO. The quantitative estimate of drug-likeness (QED) is 0.271. The number of hydrogen-bond acceptors (Lipinski definition) is 1. The topological polar surface area (TPSA) is 17.1 Å². The lowest BCUT2D eigenvalue weighted by Gasteiger charge is -1.59.